The van der Waals surface area contributed by atoms with Crippen molar-refractivity contribution in [3.05, 3.63) is 52.9 Å². The standard InChI is InChI=1S/C23H27BrN6/c1-3-7-17(8-4-2)26-14-20-21(24)22(25)30-23(29-20)18(13-28-30)16-11-15-9-5-6-10-19(15)27-12-16/h5-6,9-13,17,26H,3-4,7-8,14,25H2,1-2H3. The molecular formula is C23H27BrN6. The van der Waals surface area contributed by atoms with Crippen molar-refractivity contribution < 1.29 is 0 Å². The molecule has 0 aliphatic rings. The van der Waals surface area contributed by atoms with Crippen molar-refractivity contribution in [2.45, 2.75) is 52.1 Å². The maximum absolute atomic E-state index is 6.39. The monoisotopic (exact) mass is 466 g/mol. The Morgan fingerprint density at radius 3 is 2.67 bits per heavy atom. The number of anilines is 1. The molecule has 0 amide bonds. The fraction of sp³-hybridized carbons (Fsp3) is 0.348. The van der Waals surface area contributed by atoms with E-state index >= 15 is 0 Å². The van der Waals surface area contributed by atoms with E-state index in [2.05, 4.69) is 57.3 Å². The Balaban J connectivity index is 1.72. The van der Waals surface area contributed by atoms with E-state index in [-0.39, 0.29) is 0 Å². The molecule has 0 bridgehead atoms. The van der Waals surface area contributed by atoms with Crippen LogP contribution in [0.15, 0.2) is 47.2 Å². The molecule has 4 aromatic rings. The Kier molecular flexibility index (Phi) is 6.29. The Morgan fingerprint density at radius 2 is 1.90 bits per heavy atom. The van der Waals surface area contributed by atoms with Crippen LogP contribution in [0.1, 0.15) is 45.2 Å². The zero-order valence-corrected chi connectivity index (χ0v) is 19.0. The van der Waals surface area contributed by atoms with E-state index < -0.39 is 0 Å². The van der Waals surface area contributed by atoms with Gasteiger partial charge in [0.2, 0.25) is 0 Å². The highest BCUT2D eigenvalue weighted by atomic mass is 79.9. The lowest BCUT2D eigenvalue weighted by molar-refractivity contribution is 0.440. The van der Waals surface area contributed by atoms with Gasteiger partial charge in [-0.15, -0.1) is 0 Å². The predicted molar refractivity (Wildman–Crippen MR) is 126 cm³/mol. The summed E-state index contributed by atoms with van der Waals surface area (Å²) in [4.78, 5) is 9.52. The predicted octanol–water partition coefficient (Wildman–Crippen LogP) is 5.35. The minimum atomic E-state index is 0.486. The molecule has 4 rings (SSSR count). The second-order valence-electron chi connectivity index (χ2n) is 7.62. The molecule has 156 valence electrons. The van der Waals surface area contributed by atoms with Gasteiger partial charge in [-0.25, -0.2) is 4.98 Å². The van der Waals surface area contributed by atoms with Gasteiger partial charge < -0.3 is 11.1 Å². The summed E-state index contributed by atoms with van der Waals surface area (Å²) in [5, 5.41) is 9.22. The van der Waals surface area contributed by atoms with Gasteiger partial charge in [-0.3, -0.25) is 4.98 Å². The van der Waals surface area contributed by atoms with Crippen molar-refractivity contribution >= 4 is 38.3 Å². The number of nitrogens with one attached hydrogen (secondary N) is 1. The van der Waals surface area contributed by atoms with E-state index in [1.54, 1.807) is 4.52 Å². The van der Waals surface area contributed by atoms with E-state index in [0.29, 0.717) is 18.4 Å². The fourth-order valence-corrected chi connectivity index (χ4v) is 4.27. The van der Waals surface area contributed by atoms with E-state index in [1.807, 2.05) is 30.6 Å². The molecule has 6 nitrogen and oxygen atoms in total. The van der Waals surface area contributed by atoms with Crippen LogP contribution in [0.25, 0.3) is 27.7 Å². The van der Waals surface area contributed by atoms with Crippen LogP contribution in [-0.2, 0) is 6.54 Å². The molecule has 3 heterocycles. The second-order valence-corrected chi connectivity index (χ2v) is 8.42. The number of rotatable bonds is 8. The lowest BCUT2D eigenvalue weighted by Crippen LogP contribution is -2.29. The molecule has 1 aromatic carbocycles. The summed E-state index contributed by atoms with van der Waals surface area (Å²) < 4.78 is 2.48. The molecule has 0 spiro atoms. The first kappa shape index (κ1) is 20.8. The molecule has 0 saturated carbocycles. The number of fused-ring (bicyclic) bond motifs is 2. The van der Waals surface area contributed by atoms with Crippen molar-refractivity contribution in [3.63, 3.8) is 0 Å². The number of aromatic nitrogens is 4. The van der Waals surface area contributed by atoms with Crippen molar-refractivity contribution in [2.24, 2.45) is 0 Å². The quantitative estimate of drug-likeness (QED) is 0.365. The van der Waals surface area contributed by atoms with Crippen molar-refractivity contribution in [2.75, 3.05) is 5.73 Å². The van der Waals surface area contributed by atoms with Crippen LogP contribution in [0.3, 0.4) is 0 Å². The van der Waals surface area contributed by atoms with Crippen LogP contribution in [0, 0.1) is 0 Å². The highest BCUT2D eigenvalue weighted by Gasteiger charge is 2.17. The van der Waals surface area contributed by atoms with E-state index in [9.17, 15) is 0 Å². The van der Waals surface area contributed by atoms with Gasteiger partial charge in [-0.1, -0.05) is 44.9 Å². The van der Waals surface area contributed by atoms with Gasteiger partial charge in [-0.05, 0) is 40.9 Å². The van der Waals surface area contributed by atoms with Crippen LogP contribution in [-0.4, -0.2) is 25.6 Å². The highest BCUT2D eigenvalue weighted by molar-refractivity contribution is 9.10. The highest BCUT2D eigenvalue weighted by Crippen LogP contribution is 2.30. The zero-order chi connectivity index (χ0) is 21.1. The summed E-state index contributed by atoms with van der Waals surface area (Å²) in [7, 11) is 0. The summed E-state index contributed by atoms with van der Waals surface area (Å²) in [6.45, 7) is 5.10. The van der Waals surface area contributed by atoms with Crippen LogP contribution >= 0.6 is 15.9 Å². The third-order valence-electron chi connectivity index (χ3n) is 5.43. The van der Waals surface area contributed by atoms with Crippen LogP contribution in [0.4, 0.5) is 5.82 Å². The summed E-state index contributed by atoms with van der Waals surface area (Å²) in [6.07, 6.45) is 8.32. The first-order chi connectivity index (χ1) is 14.6. The minimum Gasteiger partial charge on any atom is -0.383 e. The van der Waals surface area contributed by atoms with E-state index in [4.69, 9.17) is 10.7 Å². The largest absolute Gasteiger partial charge is 0.383 e. The maximum Gasteiger partial charge on any atom is 0.165 e. The van der Waals surface area contributed by atoms with Gasteiger partial charge in [0.1, 0.15) is 5.82 Å². The molecule has 0 atom stereocenters. The van der Waals surface area contributed by atoms with Crippen LogP contribution < -0.4 is 11.1 Å². The van der Waals surface area contributed by atoms with E-state index in [0.717, 1.165) is 63.5 Å². The van der Waals surface area contributed by atoms with Gasteiger partial charge in [-0.2, -0.15) is 9.61 Å². The lowest BCUT2D eigenvalue weighted by Gasteiger charge is -2.18. The number of pyridine rings is 1. The normalized spacial score (nSPS) is 11.7. The summed E-state index contributed by atoms with van der Waals surface area (Å²) in [6, 6.07) is 10.7. The number of halogens is 1. The van der Waals surface area contributed by atoms with Crippen molar-refractivity contribution in [3.8, 4) is 11.1 Å². The first-order valence-electron chi connectivity index (χ1n) is 10.5. The molecule has 30 heavy (non-hydrogen) atoms. The molecule has 3 aromatic heterocycles. The third-order valence-corrected chi connectivity index (χ3v) is 6.29. The smallest absolute Gasteiger partial charge is 0.165 e. The molecule has 0 radical (unpaired) electrons. The lowest BCUT2D eigenvalue weighted by atomic mass is 10.1. The fourth-order valence-electron chi connectivity index (χ4n) is 3.87. The topological polar surface area (TPSA) is 81.1 Å². The van der Waals surface area contributed by atoms with Gasteiger partial charge in [0.25, 0.3) is 0 Å². The van der Waals surface area contributed by atoms with Gasteiger partial charge in [0, 0.05) is 35.3 Å². The average molecular weight is 467 g/mol. The Bertz CT molecular complexity index is 1160. The number of nitrogens with two attached hydrogens (primary N) is 1. The molecular weight excluding hydrogens is 440 g/mol. The molecule has 0 aliphatic carbocycles. The molecule has 0 aliphatic heterocycles. The Hall–Kier alpha value is -2.51. The second kappa shape index (κ2) is 9.10. The summed E-state index contributed by atoms with van der Waals surface area (Å²) in [5.41, 5.74) is 10.9. The van der Waals surface area contributed by atoms with Crippen LogP contribution in [0.2, 0.25) is 0 Å². The number of benzene rings is 1. The zero-order valence-electron chi connectivity index (χ0n) is 17.4. The molecule has 7 heteroatoms. The van der Waals surface area contributed by atoms with Crippen molar-refractivity contribution in [1.29, 1.82) is 0 Å². The SMILES string of the molecule is CCCC(CCC)NCc1nc2c(-c3cnc4ccccc4c3)cnn2c(N)c1Br. The first-order valence-corrected chi connectivity index (χ1v) is 11.3. The van der Waals surface area contributed by atoms with Crippen molar-refractivity contribution in [1.82, 2.24) is 24.9 Å². The third kappa shape index (κ3) is 4.04. The minimum absolute atomic E-state index is 0.486. The maximum atomic E-state index is 6.39. The molecule has 0 saturated heterocycles. The number of hydrogen-bond donors (Lipinski definition) is 2. The van der Waals surface area contributed by atoms with Gasteiger partial charge in [0.15, 0.2) is 5.65 Å². The van der Waals surface area contributed by atoms with Gasteiger partial charge >= 0.3 is 0 Å². The Morgan fingerprint density at radius 1 is 1.13 bits per heavy atom. The number of hydrogen-bond acceptors (Lipinski definition) is 5. The van der Waals surface area contributed by atoms with Crippen LogP contribution in [0.5, 0.6) is 0 Å². The van der Waals surface area contributed by atoms with E-state index in [1.165, 1.54) is 0 Å². The Labute approximate surface area is 185 Å². The summed E-state index contributed by atoms with van der Waals surface area (Å²) in [5.74, 6) is 0.555. The van der Waals surface area contributed by atoms with Gasteiger partial charge in [0.05, 0.1) is 21.9 Å². The number of nitrogen functional groups attached to an aromatic ring is 1. The molecule has 0 fully saturated rings. The average Bonchev–Trinajstić information content (AvgIpc) is 3.19. The summed E-state index contributed by atoms with van der Waals surface area (Å²) >= 11 is 3.63. The number of para-hydroxylation sites is 1. The number of nitrogens with zero attached hydrogens (tertiary/aromatic N) is 4. The molecule has 3 N–H and O–H groups in total. The molecule has 0 unspecified atom stereocenters.